The van der Waals surface area contributed by atoms with E-state index in [2.05, 4.69) is 17.4 Å². The largest absolute Gasteiger partial charge is 0.484 e. The van der Waals surface area contributed by atoms with E-state index in [4.69, 9.17) is 21.1 Å². The van der Waals surface area contributed by atoms with Crippen LogP contribution in [0.4, 0.5) is 0 Å². The van der Waals surface area contributed by atoms with Gasteiger partial charge in [-0.3, -0.25) is 0 Å². The second-order valence-electron chi connectivity index (χ2n) is 4.99. The van der Waals surface area contributed by atoms with Crippen molar-refractivity contribution in [2.45, 2.75) is 24.9 Å². The normalized spacial score (nSPS) is 21.6. The number of piperidine rings is 1. The first-order valence-electron chi connectivity index (χ1n) is 6.57. The van der Waals surface area contributed by atoms with Crippen LogP contribution in [0, 0.1) is 0 Å². The number of rotatable bonds is 3. The van der Waals surface area contributed by atoms with Crippen LogP contribution in [-0.4, -0.2) is 32.4 Å². The lowest BCUT2D eigenvalue weighted by atomic mass is 9.90. The van der Waals surface area contributed by atoms with E-state index in [0.717, 1.165) is 23.9 Å². The summed E-state index contributed by atoms with van der Waals surface area (Å²) in [6.45, 7) is 3.54. The molecule has 2 aliphatic rings. The first-order valence-corrected chi connectivity index (χ1v) is 6.95. The SMILES string of the molecule is Clc1cc(C2CCNCC2)ccc1OC1COC1. The van der Waals surface area contributed by atoms with E-state index in [9.17, 15) is 0 Å². The van der Waals surface area contributed by atoms with E-state index in [1.165, 1.54) is 18.4 Å². The molecule has 0 spiro atoms. The fourth-order valence-electron chi connectivity index (χ4n) is 2.48. The fourth-order valence-corrected chi connectivity index (χ4v) is 2.72. The maximum atomic E-state index is 6.29. The summed E-state index contributed by atoms with van der Waals surface area (Å²) in [4.78, 5) is 0. The van der Waals surface area contributed by atoms with Gasteiger partial charge in [0.1, 0.15) is 11.9 Å². The molecule has 0 atom stereocenters. The Morgan fingerprint density at radius 2 is 2.00 bits per heavy atom. The molecule has 98 valence electrons. The van der Waals surface area contributed by atoms with Gasteiger partial charge in [0, 0.05) is 0 Å². The molecule has 0 aliphatic carbocycles. The number of hydrogen-bond donors (Lipinski definition) is 1. The van der Waals surface area contributed by atoms with Gasteiger partial charge in [-0.15, -0.1) is 0 Å². The Hall–Kier alpha value is -0.770. The minimum absolute atomic E-state index is 0.173. The summed E-state index contributed by atoms with van der Waals surface area (Å²) in [5, 5.41) is 4.10. The van der Waals surface area contributed by atoms with Crippen molar-refractivity contribution in [1.82, 2.24) is 5.32 Å². The van der Waals surface area contributed by atoms with Crippen molar-refractivity contribution in [3.8, 4) is 5.75 Å². The van der Waals surface area contributed by atoms with Crippen molar-refractivity contribution >= 4 is 11.6 Å². The third kappa shape index (κ3) is 2.63. The average molecular weight is 268 g/mol. The summed E-state index contributed by atoms with van der Waals surface area (Å²) in [5.41, 5.74) is 1.33. The van der Waals surface area contributed by atoms with Crippen molar-refractivity contribution in [2.24, 2.45) is 0 Å². The molecule has 0 aromatic heterocycles. The van der Waals surface area contributed by atoms with E-state index >= 15 is 0 Å². The predicted octanol–water partition coefficient (Wildman–Crippen LogP) is 2.58. The molecule has 1 aromatic rings. The zero-order chi connectivity index (χ0) is 12.4. The predicted molar refractivity (Wildman–Crippen MR) is 71.5 cm³/mol. The van der Waals surface area contributed by atoms with Gasteiger partial charge in [-0.05, 0) is 49.5 Å². The van der Waals surface area contributed by atoms with Gasteiger partial charge in [-0.25, -0.2) is 0 Å². The van der Waals surface area contributed by atoms with Crippen molar-refractivity contribution in [1.29, 1.82) is 0 Å². The highest BCUT2D eigenvalue weighted by atomic mass is 35.5. The van der Waals surface area contributed by atoms with E-state index in [0.29, 0.717) is 19.1 Å². The molecule has 2 saturated heterocycles. The van der Waals surface area contributed by atoms with Crippen molar-refractivity contribution in [3.63, 3.8) is 0 Å². The molecule has 0 bridgehead atoms. The smallest absolute Gasteiger partial charge is 0.145 e. The Kier molecular flexibility index (Phi) is 3.73. The molecule has 1 N–H and O–H groups in total. The maximum Gasteiger partial charge on any atom is 0.145 e. The zero-order valence-electron chi connectivity index (χ0n) is 10.3. The van der Waals surface area contributed by atoms with Crippen molar-refractivity contribution in [3.05, 3.63) is 28.8 Å². The molecule has 2 heterocycles. The first-order chi connectivity index (χ1) is 8.83. The molecule has 0 saturated carbocycles. The average Bonchev–Trinajstić information content (AvgIpc) is 2.36. The molecular formula is C14H18ClNO2. The second kappa shape index (κ2) is 5.47. The summed E-state index contributed by atoms with van der Waals surface area (Å²) >= 11 is 6.29. The van der Waals surface area contributed by atoms with Gasteiger partial charge in [0.15, 0.2) is 0 Å². The molecule has 1 aromatic carbocycles. The van der Waals surface area contributed by atoms with Crippen LogP contribution in [0.3, 0.4) is 0 Å². The van der Waals surface area contributed by atoms with E-state index in [1.54, 1.807) is 0 Å². The van der Waals surface area contributed by atoms with Gasteiger partial charge >= 0.3 is 0 Å². The lowest BCUT2D eigenvalue weighted by Crippen LogP contribution is -2.38. The van der Waals surface area contributed by atoms with Crippen LogP contribution in [0.2, 0.25) is 5.02 Å². The number of ether oxygens (including phenoxy) is 2. The van der Waals surface area contributed by atoms with Crippen molar-refractivity contribution in [2.75, 3.05) is 26.3 Å². The lowest BCUT2D eigenvalue weighted by Gasteiger charge is -2.28. The molecule has 3 nitrogen and oxygen atoms in total. The van der Waals surface area contributed by atoms with Crippen LogP contribution >= 0.6 is 11.6 Å². The molecule has 4 heteroatoms. The van der Waals surface area contributed by atoms with Gasteiger partial charge in [0.25, 0.3) is 0 Å². The van der Waals surface area contributed by atoms with Crippen LogP contribution in [0.5, 0.6) is 5.75 Å². The van der Waals surface area contributed by atoms with Gasteiger partial charge in [0.2, 0.25) is 0 Å². The first kappa shape index (κ1) is 12.3. The fraction of sp³-hybridized carbons (Fsp3) is 0.571. The Balaban J connectivity index is 1.70. The number of nitrogens with one attached hydrogen (secondary N) is 1. The molecule has 2 aliphatic heterocycles. The molecular weight excluding hydrogens is 250 g/mol. The summed E-state index contributed by atoms with van der Waals surface area (Å²) in [6, 6.07) is 6.21. The monoisotopic (exact) mass is 267 g/mol. The maximum absolute atomic E-state index is 6.29. The zero-order valence-corrected chi connectivity index (χ0v) is 11.1. The van der Waals surface area contributed by atoms with Gasteiger partial charge in [-0.1, -0.05) is 17.7 Å². The molecule has 0 unspecified atom stereocenters. The van der Waals surface area contributed by atoms with E-state index < -0.39 is 0 Å². The topological polar surface area (TPSA) is 30.5 Å². The minimum atomic E-state index is 0.173. The van der Waals surface area contributed by atoms with Gasteiger partial charge in [0.05, 0.1) is 18.2 Å². The van der Waals surface area contributed by atoms with Gasteiger partial charge in [-0.2, -0.15) is 0 Å². The molecule has 3 rings (SSSR count). The van der Waals surface area contributed by atoms with Crippen LogP contribution in [0.1, 0.15) is 24.3 Å². The summed E-state index contributed by atoms with van der Waals surface area (Å²) in [7, 11) is 0. The molecule has 0 amide bonds. The van der Waals surface area contributed by atoms with Crippen LogP contribution in [-0.2, 0) is 4.74 Å². The number of halogens is 1. The highest BCUT2D eigenvalue weighted by Crippen LogP contribution is 2.33. The molecule has 2 fully saturated rings. The van der Waals surface area contributed by atoms with Gasteiger partial charge < -0.3 is 14.8 Å². The van der Waals surface area contributed by atoms with E-state index in [-0.39, 0.29) is 6.10 Å². The molecule has 18 heavy (non-hydrogen) atoms. The van der Waals surface area contributed by atoms with Crippen LogP contribution in [0.15, 0.2) is 18.2 Å². The summed E-state index contributed by atoms with van der Waals surface area (Å²) in [6.07, 6.45) is 2.55. The van der Waals surface area contributed by atoms with E-state index in [1.807, 2.05) is 6.07 Å². The summed E-state index contributed by atoms with van der Waals surface area (Å²) < 4.78 is 10.8. The van der Waals surface area contributed by atoms with Crippen LogP contribution < -0.4 is 10.1 Å². The molecule has 0 radical (unpaired) electrons. The Labute approximate surface area is 112 Å². The van der Waals surface area contributed by atoms with Crippen molar-refractivity contribution < 1.29 is 9.47 Å². The second-order valence-corrected chi connectivity index (χ2v) is 5.40. The van der Waals surface area contributed by atoms with Crippen LogP contribution in [0.25, 0.3) is 0 Å². The number of hydrogen-bond acceptors (Lipinski definition) is 3. The Morgan fingerprint density at radius 3 is 2.61 bits per heavy atom. The third-order valence-corrected chi connectivity index (χ3v) is 3.96. The third-order valence-electron chi connectivity index (χ3n) is 3.67. The highest BCUT2D eigenvalue weighted by molar-refractivity contribution is 6.32. The summed E-state index contributed by atoms with van der Waals surface area (Å²) in [5.74, 6) is 1.41. The lowest BCUT2D eigenvalue weighted by molar-refractivity contribution is -0.0796. The standard InChI is InChI=1S/C14H18ClNO2/c15-13-7-11(10-3-5-16-6-4-10)1-2-14(13)18-12-8-17-9-12/h1-2,7,10,12,16H,3-6,8-9H2. The quantitative estimate of drug-likeness (QED) is 0.913. The highest BCUT2D eigenvalue weighted by Gasteiger charge is 2.22. The number of benzene rings is 1. The Morgan fingerprint density at radius 1 is 1.22 bits per heavy atom. The Bertz CT molecular complexity index is 414. The minimum Gasteiger partial charge on any atom is -0.484 e.